The number of methoxy groups -OCH3 is 1. The van der Waals surface area contributed by atoms with Gasteiger partial charge in [-0.2, -0.15) is 10.2 Å². The van der Waals surface area contributed by atoms with Crippen molar-refractivity contribution in [3.63, 3.8) is 0 Å². The van der Waals surface area contributed by atoms with E-state index in [1.165, 1.54) is 13.2 Å². The lowest BCUT2D eigenvalue weighted by molar-refractivity contribution is 0.00358. The molecule has 294 valence electrons. The van der Waals surface area contributed by atoms with E-state index in [9.17, 15) is 9.18 Å². The van der Waals surface area contributed by atoms with Gasteiger partial charge in [0.25, 0.3) is 0 Å². The summed E-state index contributed by atoms with van der Waals surface area (Å²) >= 11 is 7.23. The molecule has 1 unspecified atom stereocenters. The molecule has 0 aliphatic carbocycles. The lowest BCUT2D eigenvalue weighted by atomic mass is 9.94. The number of aromatic nitrogens is 5. The Labute approximate surface area is 330 Å². The van der Waals surface area contributed by atoms with Gasteiger partial charge < -0.3 is 23.5 Å². The van der Waals surface area contributed by atoms with Gasteiger partial charge in [0.05, 0.1) is 44.9 Å². The Morgan fingerprint density at radius 3 is 2.59 bits per heavy atom. The van der Waals surface area contributed by atoms with Crippen molar-refractivity contribution in [2.75, 3.05) is 46.6 Å². The molecule has 1 atom stereocenters. The van der Waals surface area contributed by atoms with E-state index in [4.69, 9.17) is 40.7 Å². The largest absolute Gasteiger partial charge is 0.493 e. The smallest absolute Gasteiger partial charge is 0.354 e. The molecule has 8 bridgehead atoms. The molecule has 2 aliphatic rings. The Hall–Kier alpha value is -4.75. The molecule has 0 radical (unpaired) electrons. The summed E-state index contributed by atoms with van der Waals surface area (Å²) in [5, 5.41) is 13.0. The van der Waals surface area contributed by atoms with E-state index in [0.29, 0.717) is 62.1 Å². The van der Waals surface area contributed by atoms with Crippen molar-refractivity contribution in [2.45, 2.75) is 58.8 Å². The van der Waals surface area contributed by atoms with Gasteiger partial charge >= 0.3 is 5.97 Å². The van der Waals surface area contributed by atoms with Crippen LogP contribution in [0.25, 0.3) is 32.8 Å². The highest BCUT2D eigenvalue weighted by molar-refractivity contribution is 6.35. The summed E-state index contributed by atoms with van der Waals surface area (Å²) in [6.07, 6.45) is 2.32. The Kier molecular flexibility index (Phi) is 10.9. The monoisotopic (exact) mass is 782 g/mol. The molecular weight excluding hydrogens is 735 g/mol. The highest BCUT2D eigenvalue weighted by Crippen LogP contribution is 2.45. The highest BCUT2D eigenvalue weighted by atomic mass is 35.5. The average Bonchev–Trinajstić information content (AvgIpc) is 3.80. The Morgan fingerprint density at radius 1 is 0.964 bits per heavy atom. The third kappa shape index (κ3) is 7.31. The second-order valence-corrected chi connectivity index (χ2v) is 15.3. The molecule has 11 nitrogen and oxygen atoms in total. The number of halogens is 2. The first kappa shape index (κ1) is 38.1. The Balaban J connectivity index is 1.27. The van der Waals surface area contributed by atoms with E-state index in [0.717, 1.165) is 92.8 Å². The highest BCUT2D eigenvalue weighted by Gasteiger charge is 2.31. The van der Waals surface area contributed by atoms with Crippen LogP contribution in [0, 0.1) is 19.7 Å². The van der Waals surface area contributed by atoms with Crippen LogP contribution >= 0.6 is 11.6 Å². The molecule has 2 aliphatic heterocycles. The fourth-order valence-electron chi connectivity index (χ4n) is 8.41. The molecule has 0 saturated carbocycles. The van der Waals surface area contributed by atoms with Gasteiger partial charge in [0.1, 0.15) is 23.4 Å². The zero-order chi connectivity index (χ0) is 39.1. The molecule has 1 saturated heterocycles. The van der Waals surface area contributed by atoms with Crippen LogP contribution in [0.2, 0.25) is 5.02 Å². The summed E-state index contributed by atoms with van der Waals surface area (Å²) in [6.45, 7) is 9.06. The number of carbonyl (C=O) groups is 1. The van der Waals surface area contributed by atoms with Gasteiger partial charge in [0, 0.05) is 84.1 Å². The van der Waals surface area contributed by atoms with Crippen molar-refractivity contribution in [3.05, 3.63) is 99.0 Å². The number of nitrogens with zero attached hydrogens (tertiary/aromatic N) is 6. The van der Waals surface area contributed by atoms with Crippen LogP contribution < -0.4 is 4.74 Å². The maximum atomic E-state index is 14.5. The second-order valence-electron chi connectivity index (χ2n) is 14.9. The van der Waals surface area contributed by atoms with E-state index in [2.05, 4.69) is 17.0 Å². The van der Waals surface area contributed by atoms with Crippen molar-refractivity contribution >= 4 is 39.2 Å². The maximum absolute atomic E-state index is 14.5. The standard InChI is InChI=1S/C43H48ClFN6O5/c1-26-38-35-12-11-34(44)40(38)39-27(2)48(3)47-41(39)36(13-15-50-16-19-54-20-17-50)56-25-31-24-32(49(4)46-31)9-7-28-21-29-23-30(45)8-10-33(29)37(22-28)55-18-6-14-51(35)42(26)43(52)53-5/h8,10-12,21-24,36H,6-7,9,13-20,25H2,1-5H3. The van der Waals surface area contributed by atoms with Crippen LogP contribution in [0.1, 0.15) is 63.3 Å². The van der Waals surface area contributed by atoms with Gasteiger partial charge in [-0.15, -0.1) is 0 Å². The Bertz CT molecular complexity index is 2430. The van der Waals surface area contributed by atoms with Crippen molar-refractivity contribution in [2.24, 2.45) is 14.1 Å². The molecule has 13 heteroatoms. The number of esters is 1. The van der Waals surface area contributed by atoms with Gasteiger partial charge in [-0.25, -0.2) is 9.18 Å². The molecule has 0 spiro atoms. The zero-order valence-corrected chi connectivity index (χ0v) is 33.4. The molecule has 8 rings (SSSR count). The predicted octanol–water partition coefficient (Wildman–Crippen LogP) is 7.67. The number of benzene rings is 3. The third-order valence-corrected chi connectivity index (χ3v) is 11.7. The van der Waals surface area contributed by atoms with Crippen molar-refractivity contribution < 1.29 is 28.1 Å². The van der Waals surface area contributed by atoms with Crippen LogP contribution in [-0.2, 0) is 54.3 Å². The maximum Gasteiger partial charge on any atom is 0.354 e. The number of carbonyl (C=O) groups excluding carboxylic acids is 1. The number of aryl methyl sites for hydroxylation is 6. The van der Waals surface area contributed by atoms with E-state index in [-0.39, 0.29) is 12.4 Å². The fraction of sp³-hybridized carbons (Fsp3) is 0.419. The van der Waals surface area contributed by atoms with Crippen LogP contribution in [0.5, 0.6) is 5.75 Å². The Morgan fingerprint density at radius 2 is 1.79 bits per heavy atom. The summed E-state index contributed by atoms with van der Waals surface area (Å²) in [5.74, 6) is -0.0303. The van der Waals surface area contributed by atoms with Crippen molar-refractivity contribution in [3.8, 4) is 16.9 Å². The van der Waals surface area contributed by atoms with Crippen LogP contribution in [0.3, 0.4) is 0 Å². The van der Waals surface area contributed by atoms with Crippen molar-refractivity contribution in [1.29, 1.82) is 0 Å². The first-order valence-electron chi connectivity index (χ1n) is 19.3. The van der Waals surface area contributed by atoms with Gasteiger partial charge in [0.2, 0.25) is 0 Å². The SMILES string of the molecule is COC(=O)c1c(C)c2c3c(Cl)ccc2n1CCCOc1cc(cc2cc(F)ccc12)CCc1cc(nn1C)COC(CCN1CCOCC1)c1nn(C)c(C)c1-3. The normalized spacial score (nSPS) is 17.2. The average molecular weight is 783 g/mol. The van der Waals surface area contributed by atoms with E-state index in [1.807, 2.05) is 60.1 Å². The summed E-state index contributed by atoms with van der Waals surface area (Å²) in [6, 6.07) is 14.8. The number of rotatable bonds is 4. The van der Waals surface area contributed by atoms with Gasteiger partial charge in [-0.05, 0) is 98.5 Å². The van der Waals surface area contributed by atoms with Crippen molar-refractivity contribution in [1.82, 2.24) is 29.0 Å². The molecular formula is C43H48ClFN6O5. The predicted molar refractivity (Wildman–Crippen MR) is 214 cm³/mol. The number of ether oxygens (including phenoxy) is 4. The summed E-state index contributed by atoms with van der Waals surface area (Å²) < 4.78 is 44.6. The van der Waals surface area contributed by atoms with E-state index < -0.39 is 12.1 Å². The minimum atomic E-state index is -0.429. The number of hydrogen-bond donors (Lipinski definition) is 0. The minimum absolute atomic E-state index is 0.281. The molecule has 3 aromatic heterocycles. The minimum Gasteiger partial charge on any atom is -0.493 e. The molecule has 1 fully saturated rings. The first-order chi connectivity index (χ1) is 27.1. The lowest BCUT2D eigenvalue weighted by Crippen LogP contribution is -2.37. The van der Waals surface area contributed by atoms with E-state index in [1.54, 1.807) is 12.1 Å². The summed E-state index contributed by atoms with van der Waals surface area (Å²) in [4.78, 5) is 16.0. The number of morpholine rings is 1. The van der Waals surface area contributed by atoms with Crippen LogP contribution in [0.4, 0.5) is 4.39 Å². The number of hydrogen-bond acceptors (Lipinski definition) is 8. The van der Waals surface area contributed by atoms with Crippen LogP contribution in [0.15, 0.2) is 48.5 Å². The first-order valence-corrected chi connectivity index (χ1v) is 19.7. The topological polar surface area (TPSA) is 97.8 Å². The zero-order valence-electron chi connectivity index (χ0n) is 32.7. The number of fused-ring (bicyclic) bond motifs is 8. The van der Waals surface area contributed by atoms with E-state index >= 15 is 0 Å². The molecule has 5 heterocycles. The van der Waals surface area contributed by atoms with Gasteiger partial charge in [-0.3, -0.25) is 14.3 Å². The summed E-state index contributed by atoms with van der Waals surface area (Å²) in [7, 11) is 5.30. The molecule has 0 N–H and O–H groups in total. The second kappa shape index (κ2) is 16.0. The molecule has 0 amide bonds. The molecule has 3 aromatic carbocycles. The van der Waals surface area contributed by atoms with Crippen LogP contribution in [-0.4, -0.2) is 81.6 Å². The lowest BCUT2D eigenvalue weighted by Gasteiger charge is -2.28. The summed E-state index contributed by atoms with van der Waals surface area (Å²) in [5.41, 5.74) is 8.44. The fourth-order valence-corrected chi connectivity index (χ4v) is 8.66. The third-order valence-electron chi connectivity index (χ3n) is 11.4. The molecule has 6 aromatic rings. The van der Waals surface area contributed by atoms with Gasteiger partial charge in [0.15, 0.2) is 0 Å². The molecule has 56 heavy (non-hydrogen) atoms. The quantitative estimate of drug-likeness (QED) is 0.168. The van der Waals surface area contributed by atoms with Gasteiger partial charge in [-0.1, -0.05) is 17.7 Å².